The number of hydrogen-bond donors (Lipinski definition) is 3. The van der Waals surface area contributed by atoms with Crippen LogP contribution in [0.15, 0.2) is 78.0 Å². The van der Waals surface area contributed by atoms with Gasteiger partial charge in [-0.15, -0.1) is 5.10 Å². The van der Waals surface area contributed by atoms with Crippen molar-refractivity contribution in [2.24, 2.45) is 5.92 Å². The minimum atomic E-state index is -4.31. The maximum Gasteiger partial charge on any atom is 0.331 e. The predicted octanol–water partition coefficient (Wildman–Crippen LogP) is 3.35. The van der Waals surface area contributed by atoms with Crippen molar-refractivity contribution < 1.29 is 46.2 Å². The molecule has 6 rings (SSSR count). The van der Waals surface area contributed by atoms with Crippen molar-refractivity contribution >= 4 is 45.2 Å². The Morgan fingerprint density at radius 2 is 1.67 bits per heavy atom. The largest absolute Gasteiger partial charge is 0.480 e. The van der Waals surface area contributed by atoms with E-state index in [0.717, 1.165) is 11.3 Å². The average molecular weight is 738 g/mol. The fraction of sp³-hybridized carbons (Fsp3) is 0.294. The molecule has 18 heteroatoms. The quantitative estimate of drug-likeness (QED) is 0.206. The molecule has 2 fully saturated rings. The molecule has 1 aliphatic carbocycles. The number of carboxylic acid groups (broad SMARTS) is 1. The molecule has 52 heavy (non-hydrogen) atoms. The van der Waals surface area contributed by atoms with Gasteiger partial charge in [0.05, 0.1) is 46.4 Å². The second-order valence-electron chi connectivity index (χ2n) is 12.4. The van der Waals surface area contributed by atoms with Crippen molar-refractivity contribution in [1.82, 2.24) is 25.2 Å². The number of sulfonamides is 1. The van der Waals surface area contributed by atoms with E-state index in [-0.39, 0.29) is 35.1 Å². The number of hydrogen-bond acceptors (Lipinski definition) is 9. The van der Waals surface area contributed by atoms with E-state index in [2.05, 4.69) is 20.4 Å². The van der Waals surface area contributed by atoms with Crippen LogP contribution in [0.4, 0.5) is 25.0 Å². The molecule has 272 valence electrons. The van der Waals surface area contributed by atoms with Crippen molar-refractivity contribution in [3.63, 3.8) is 0 Å². The molecule has 15 nitrogen and oxygen atoms in total. The molecule has 0 spiro atoms. The minimum absolute atomic E-state index is 0.104. The predicted molar refractivity (Wildman–Crippen MR) is 180 cm³/mol. The summed E-state index contributed by atoms with van der Waals surface area (Å²) in [6, 6.07) is 10.1. The highest BCUT2D eigenvalue weighted by Gasteiger charge is 2.48. The van der Waals surface area contributed by atoms with E-state index in [1.807, 2.05) is 0 Å². The zero-order valence-electron chi connectivity index (χ0n) is 27.8. The molecule has 4 amide bonds. The van der Waals surface area contributed by atoms with Crippen LogP contribution in [0.1, 0.15) is 35.2 Å². The third-order valence-electron chi connectivity index (χ3n) is 9.22. The number of urea groups is 1. The minimum Gasteiger partial charge on any atom is -0.480 e. The van der Waals surface area contributed by atoms with Crippen LogP contribution in [-0.2, 0) is 30.8 Å². The highest BCUT2D eigenvalue weighted by molar-refractivity contribution is 7.92. The maximum absolute atomic E-state index is 15.1. The fourth-order valence-electron chi connectivity index (χ4n) is 6.49. The number of benzene rings is 3. The van der Waals surface area contributed by atoms with Crippen molar-refractivity contribution in [2.45, 2.75) is 48.8 Å². The van der Waals surface area contributed by atoms with E-state index in [1.54, 1.807) is 25.3 Å². The first-order chi connectivity index (χ1) is 24.8. The normalized spacial score (nSPS) is 19.6. The van der Waals surface area contributed by atoms with Gasteiger partial charge in [-0.1, -0.05) is 17.3 Å². The van der Waals surface area contributed by atoms with Gasteiger partial charge in [-0.3, -0.25) is 14.3 Å². The van der Waals surface area contributed by atoms with Gasteiger partial charge in [0, 0.05) is 26.6 Å². The van der Waals surface area contributed by atoms with Crippen molar-refractivity contribution in [3.05, 3.63) is 95.8 Å². The van der Waals surface area contributed by atoms with Gasteiger partial charge >= 0.3 is 12.0 Å². The van der Waals surface area contributed by atoms with Crippen LogP contribution < -0.4 is 14.9 Å². The lowest BCUT2D eigenvalue weighted by Gasteiger charge is -2.46. The molecule has 3 N–H and O–H groups in total. The van der Waals surface area contributed by atoms with Gasteiger partial charge in [0.15, 0.2) is 0 Å². The third-order valence-corrected chi connectivity index (χ3v) is 10.6. The first-order valence-corrected chi connectivity index (χ1v) is 17.5. The lowest BCUT2D eigenvalue weighted by Crippen LogP contribution is -2.62. The fourth-order valence-corrected chi connectivity index (χ4v) is 7.53. The molecule has 1 aromatic heterocycles. The summed E-state index contributed by atoms with van der Waals surface area (Å²) in [4.78, 5) is 54.1. The molecular formula is C34H33F2N7O8S. The van der Waals surface area contributed by atoms with Crippen molar-refractivity contribution in [1.29, 1.82) is 0 Å². The molecule has 1 saturated carbocycles. The Morgan fingerprint density at radius 1 is 1.02 bits per heavy atom. The Labute approximate surface area is 296 Å². The van der Waals surface area contributed by atoms with Gasteiger partial charge in [0.1, 0.15) is 23.2 Å². The molecule has 1 aliphatic heterocycles. The number of rotatable bonds is 11. The summed E-state index contributed by atoms with van der Waals surface area (Å²) in [5.74, 6) is -6.59. The van der Waals surface area contributed by atoms with E-state index in [1.165, 1.54) is 59.4 Å². The van der Waals surface area contributed by atoms with Crippen LogP contribution in [0.5, 0.6) is 0 Å². The van der Waals surface area contributed by atoms with E-state index in [4.69, 9.17) is 4.74 Å². The number of carboxylic acids is 1. The number of anilines is 2. The molecule has 3 aromatic carbocycles. The lowest BCUT2D eigenvalue weighted by molar-refractivity contribution is -0.139. The van der Waals surface area contributed by atoms with Crippen LogP contribution >= 0.6 is 0 Å². The summed E-state index contributed by atoms with van der Waals surface area (Å²) in [7, 11) is -1.09. The van der Waals surface area contributed by atoms with E-state index < -0.39 is 62.8 Å². The van der Waals surface area contributed by atoms with E-state index in [9.17, 15) is 32.7 Å². The molecule has 2 aliphatic rings. The number of imide groups is 1. The van der Waals surface area contributed by atoms with Crippen molar-refractivity contribution in [3.8, 4) is 5.69 Å². The number of aromatic nitrogens is 3. The molecular weight excluding hydrogens is 704 g/mol. The van der Waals surface area contributed by atoms with Gasteiger partial charge < -0.3 is 20.1 Å². The molecule has 3 unspecified atom stereocenters. The van der Waals surface area contributed by atoms with Gasteiger partial charge in [0.25, 0.3) is 15.9 Å². The second kappa shape index (κ2) is 14.5. The summed E-state index contributed by atoms with van der Waals surface area (Å²) >= 11 is 0. The van der Waals surface area contributed by atoms with Crippen LogP contribution in [0.2, 0.25) is 0 Å². The SMILES string of the molecule is COC1CCC2C(C1)C(=O)N(c1ccc(C[C@H](NC(=O)c3c(F)cc(NS(=O)(=O)c4ccc(-n5ccnn5)cc4)cc3F)C(=O)O)cc1)C(=O)N2C. The number of methoxy groups -OCH3 is 1. The van der Waals surface area contributed by atoms with Crippen LogP contribution in [0, 0.1) is 17.6 Å². The smallest absolute Gasteiger partial charge is 0.331 e. The van der Waals surface area contributed by atoms with Crippen LogP contribution in [0.3, 0.4) is 0 Å². The second-order valence-corrected chi connectivity index (χ2v) is 14.1. The summed E-state index contributed by atoms with van der Waals surface area (Å²) in [6.45, 7) is 0. The number of nitrogens with zero attached hydrogens (tertiary/aromatic N) is 5. The lowest BCUT2D eigenvalue weighted by atomic mass is 9.79. The Balaban J connectivity index is 1.12. The molecule has 4 atom stereocenters. The Kier molecular flexibility index (Phi) is 10.0. The first-order valence-electron chi connectivity index (χ1n) is 16.0. The zero-order valence-corrected chi connectivity index (χ0v) is 28.6. The van der Waals surface area contributed by atoms with Crippen molar-refractivity contribution in [2.75, 3.05) is 23.8 Å². The van der Waals surface area contributed by atoms with Gasteiger partial charge in [-0.2, -0.15) is 0 Å². The Bertz CT molecular complexity index is 2090. The number of aliphatic carboxylic acids is 1. The number of ether oxygens (including phenoxy) is 1. The summed E-state index contributed by atoms with van der Waals surface area (Å²) in [5, 5.41) is 19.4. The molecule has 0 bridgehead atoms. The monoisotopic (exact) mass is 737 g/mol. The highest BCUT2D eigenvalue weighted by atomic mass is 32.2. The van der Waals surface area contributed by atoms with Gasteiger partial charge in [0.2, 0.25) is 5.91 Å². The molecule has 2 heterocycles. The van der Waals surface area contributed by atoms with Crippen LogP contribution in [-0.4, -0.2) is 89.6 Å². The van der Waals surface area contributed by atoms with Gasteiger partial charge in [-0.25, -0.2) is 36.4 Å². The summed E-state index contributed by atoms with van der Waals surface area (Å²) in [5.41, 5.74) is -0.488. The summed E-state index contributed by atoms with van der Waals surface area (Å²) < 4.78 is 64.9. The number of nitrogens with one attached hydrogen (secondary N) is 2. The zero-order chi connectivity index (χ0) is 37.3. The van der Waals surface area contributed by atoms with Gasteiger partial charge in [-0.05, 0) is 73.4 Å². The van der Waals surface area contributed by atoms with Crippen LogP contribution in [0.25, 0.3) is 5.69 Å². The number of halogens is 2. The number of carbonyl (C=O) groups excluding carboxylic acids is 3. The number of amides is 4. The number of carbonyl (C=O) groups is 4. The number of fused-ring (bicyclic) bond motifs is 1. The summed E-state index contributed by atoms with van der Waals surface area (Å²) in [6.07, 6.45) is 4.39. The maximum atomic E-state index is 15.1. The Hall–Kier alpha value is -5.75. The van der Waals surface area contributed by atoms with E-state index >= 15 is 8.78 Å². The highest BCUT2D eigenvalue weighted by Crippen LogP contribution is 2.37. The average Bonchev–Trinajstić information content (AvgIpc) is 3.66. The Morgan fingerprint density at radius 3 is 2.27 bits per heavy atom. The van der Waals surface area contributed by atoms with E-state index in [0.29, 0.717) is 36.2 Å². The standard InChI is InChI=1S/C34H33F2N7O8S/c1-41-29-12-9-23(51-2)18-25(29)32(45)43(34(41)48)22-5-3-19(4-6-22)15-28(33(46)47)38-31(44)30-26(35)16-20(17-27(30)36)39-52(49,50)24-10-7-21(8-11-24)42-14-13-37-40-42/h3-8,10-11,13-14,16-17,23,25,28-29,39H,9,12,15,18H2,1-2H3,(H,38,44)(H,46,47)/t23?,25?,28-,29?/m0/s1. The molecule has 4 aromatic rings. The molecule has 0 radical (unpaired) electrons. The molecule has 1 saturated heterocycles. The first kappa shape index (κ1) is 36.1. The topological polar surface area (TPSA) is 193 Å². The third kappa shape index (κ3) is 7.20.